The van der Waals surface area contributed by atoms with Crippen molar-refractivity contribution >= 4 is 5.91 Å². The molecule has 2 aliphatic rings. The Morgan fingerprint density at radius 3 is 2.14 bits per heavy atom. The maximum atomic E-state index is 12.8. The third kappa shape index (κ3) is 4.32. The van der Waals surface area contributed by atoms with Gasteiger partial charge in [0, 0.05) is 18.6 Å². The van der Waals surface area contributed by atoms with Gasteiger partial charge in [0.05, 0.1) is 6.54 Å². The number of nitrogens with one attached hydrogen (secondary N) is 1. The number of primary amides is 1. The van der Waals surface area contributed by atoms with Crippen LogP contribution in [0.4, 0.5) is 13.2 Å². The van der Waals surface area contributed by atoms with Gasteiger partial charge in [-0.1, -0.05) is 0 Å². The van der Waals surface area contributed by atoms with Gasteiger partial charge in [0.25, 0.3) is 0 Å². The topological polar surface area (TPSA) is 58.4 Å². The first-order valence-electron chi connectivity index (χ1n) is 7.52. The lowest BCUT2D eigenvalue weighted by Crippen LogP contribution is -2.65. The zero-order chi connectivity index (χ0) is 15.8. The molecule has 0 heterocycles. The average molecular weight is 307 g/mol. The van der Waals surface area contributed by atoms with E-state index in [0.29, 0.717) is 0 Å². The summed E-state index contributed by atoms with van der Waals surface area (Å²) in [6.07, 6.45) is -1.05. The molecule has 7 heteroatoms. The lowest BCUT2D eigenvalue weighted by Gasteiger charge is -2.39. The molecule has 21 heavy (non-hydrogen) atoms. The molecule has 1 amide bonds. The Hall–Kier alpha value is -0.820. The predicted octanol–water partition coefficient (Wildman–Crippen LogP) is 1.65. The number of carbonyl (C=O) groups excluding carboxylic acids is 1. The lowest BCUT2D eigenvalue weighted by molar-refractivity contribution is -0.152. The Balaban J connectivity index is 2.17. The van der Waals surface area contributed by atoms with Crippen molar-refractivity contribution in [2.24, 2.45) is 11.7 Å². The van der Waals surface area contributed by atoms with E-state index < -0.39 is 24.2 Å². The van der Waals surface area contributed by atoms with Gasteiger partial charge in [0.1, 0.15) is 5.54 Å². The summed E-state index contributed by atoms with van der Waals surface area (Å²) < 4.78 is 38.3. The van der Waals surface area contributed by atoms with Crippen molar-refractivity contribution in [2.75, 3.05) is 13.1 Å². The molecule has 0 radical (unpaired) electrons. The summed E-state index contributed by atoms with van der Waals surface area (Å²) in [7, 11) is 0. The third-order valence-electron chi connectivity index (χ3n) is 4.16. The zero-order valence-electron chi connectivity index (χ0n) is 12.5. The molecule has 4 nitrogen and oxygen atoms in total. The minimum Gasteiger partial charge on any atom is -0.368 e. The minimum atomic E-state index is -4.26. The van der Waals surface area contributed by atoms with Crippen molar-refractivity contribution in [3.05, 3.63) is 0 Å². The van der Waals surface area contributed by atoms with Crippen molar-refractivity contribution in [3.8, 4) is 0 Å². The highest BCUT2D eigenvalue weighted by Gasteiger charge is 2.53. The van der Waals surface area contributed by atoms with Gasteiger partial charge in [-0.05, 0) is 45.4 Å². The normalized spacial score (nSPS) is 22.6. The standard InChI is InChI=1S/C14H24F3N3O/c1-9(2)19-13(12(18)21,10-3-4-10)7-20(11-5-6-11)8-14(15,16)17/h9-11,19H,3-8H2,1-2H3,(H2,18,21). The molecule has 3 N–H and O–H groups in total. The van der Waals surface area contributed by atoms with Gasteiger partial charge < -0.3 is 5.73 Å². The zero-order valence-corrected chi connectivity index (χ0v) is 12.5. The van der Waals surface area contributed by atoms with Gasteiger partial charge in [-0.3, -0.25) is 15.0 Å². The van der Waals surface area contributed by atoms with E-state index in [1.54, 1.807) is 0 Å². The quantitative estimate of drug-likeness (QED) is 0.717. The van der Waals surface area contributed by atoms with Gasteiger partial charge in [0.15, 0.2) is 0 Å². The van der Waals surface area contributed by atoms with E-state index in [0.717, 1.165) is 25.7 Å². The Bertz CT molecular complexity index is 391. The van der Waals surface area contributed by atoms with Crippen molar-refractivity contribution < 1.29 is 18.0 Å². The molecule has 2 aliphatic carbocycles. The van der Waals surface area contributed by atoms with Crippen molar-refractivity contribution in [1.82, 2.24) is 10.2 Å². The molecule has 2 saturated carbocycles. The van der Waals surface area contributed by atoms with Gasteiger partial charge in [-0.15, -0.1) is 0 Å². The molecule has 2 rings (SSSR count). The summed E-state index contributed by atoms with van der Waals surface area (Å²) in [5.74, 6) is -0.488. The number of hydrogen-bond donors (Lipinski definition) is 2. The Morgan fingerprint density at radius 2 is 1.81 bits per heavy atom. The van der Waals surface area contributed by atoms with E-state index in [4.69, 9.17) is 5.73 Å². The van der Waals surface area contributed by atoms with Gasteiger partial charge in [0.2, 0.25) is 5.91 Å². The second kappa shape index (κ2) is 5.76. The van der Waals surface area contributed by atoms with Crippen molar-refractivity contribution in [2.45, 2.75) is 63.3 Å². The molecule has 2 fully saturated rings. The van der Waals surface area contributed by atoms with Crippen LogP contribution in [0, 0.1) is 5.92 Å². The van der Waals surface area contributed by atoms with Crippen LogP contribution in [0.2, 0.25) is 0 Å². The average Bonchev–Trinajstić information content (AvgIpc) is 3.13. The molecule has 0 spiro atoms. The van der Waals surface area contributed by atoms with Crippen LogP contribution in [0.1, 0.15) is 39.5 Å². The number of amides is 1. The lowest BCUT2D eigenvalue weighted by atomic mass is 9.90. The fourth-order valence-corrected chi connectivity index (χ4v) is 3.04. The van der Waals surface area contributed by atoms with Crippen LogP contribution in [-0.2, 0) is 4.79 Å². The maximum Gasteiger partial charge on any atom is 0.401 e. The van der Waals surface area contributed by atoms with Crippen LogP contribution in [0.5, 0.6) is 0 Å². The number of nitrogens with two attached hydrogens (primary N) is 1. The molecule has 0 aromatic rings. The summed E-state index contributed by atoms with van der Waals surface area (Å²) in [6.45, 7) is 2.84. The van der Waals surface area contributed by atoms with Crippen molar-refractivity contribution in [3.63, 3.8) is 0 Å². The highest BCUT2D eigenvalue weighted by Crippen LogP contribution is 2.42. The summed E-state index contributed by atoms with van der Waals surface area (Å²) >= 11 is 0. The van der Waals surface area contributed by atoms with E-state index in [1.807, 2.05) is 13.8 Å². The molecule has 0 aliphatic heterocycles. The molecule has 0 saturated heterocycles. The van der Waals surface area contributed by atoms with Crippen LogP contribution in [0.15, 0.2) is 0 Å². The number of nitrogens with zero attached hydrogens (tertiary/aromatic N) is 1. The summed E-state index contributed by atoms with van der Waals surface area (Å²) in [5.41, 5.74) is 4.54. The van der Waals surface area contributed by atoms with Crippen LogP contribution < -0.4 is 11.1 Å². The van der Waals surface area contributed by atoms with Crippen LogP contribution in [-0.4, -0.2) is 47.7 Å². The third-order valence-corrected chi connectivity index (χ3v) is 4.16. The number of carbonyl (C=O) groups is 1. The molecule has 1 atom stereocenters. The number of halogens is 3. The SMILES string of the molecule is CC(C)NC(CN(CC(F)(F)F)C1CC1)(C(N)=O)C1CC1. The molecule has 0 bridgehead atoms. The first kappa shape index (κ1) is 16.5. The molecule has 0 aromatic heterocycles. The van der Waals surface area contributed by atoms with Gasteiger partial charge >= 0.3 is 6.18 Å². The second-order valence-electron chi connectivity index (χ2n) is 6.66. The minimum absolute atomic E-state index is 0.00922. The maximum absolute atomic E-state index is 12.8. The smallest absolute Gasteiger partial charge is 0.368 e. The monoisotopic (exact) mass is 307 g/mol. The first-order valence-corrected chi connectivity index (χ1v) is 7.52. The summed E-state index contributed by atoms with van der Waals surface area (Å²) in [5, 5.41) is 3.17. The summed E-state index contributed by atoms with van der Waals surface area (Å²) in [4.78, 5) is 13.4. The molecule has 122 valence electrons. The Morgan fingerprint density at radius 1 is 1.24 bits per heavy atom. The predicted molar refractivity (Wildman–Crippen MR) is 73.6 cm³/mol. The Labute approximate surface area is 123 Å². The van der Waals surface area contributed by atoms with Crippen LogP contribution in [0.3, 0.4) is 0 Å². The Kier molecular flexibility index (Phi) is 4.54. The van der Waals surface area contributed by atoms with Crippen LogP contribution >= 0.6 is 0 Å². The second-order valence-corrected chi connectivity index (χ2v) is 6.66. The molecule has 1 unspecified atom stereocenters. The highest BCUT2D eigenvalue weighted by molar-refractivity contribution is 5.86. The van der Waals surface area contributed by atoms with E-state index in [1.165, 1.54) is 4.90 Å². The van der Waals surface area contributed by atoms with E-state index in [-0.39, 0.29) is 24.5 Å². The number of alkyl halides is 3. The molecule has 0 aromatic carbocycles. The molecular formula is C14H24F3N3O. The van der Waals surface area contributed by atoms with Crippen LogP contribution in [0.25, 0.3) is 0 Å². The van der Waals surface area contributed by atoms with E-state index in [9.17, 15) is 18.0 Å². The number of hydrogen-bond acceptors (Lipinski definition) is 3. The number of rotatable bonds is 8. The summed E-state index contributed by atoms with van der Waals surface area (Å²) in [6, 6.07) is -0.0805. The van der Waals surface area contributed by atoms with Gasteiger partial charge in [-0.25, -0.2) is 0 Å². The van der Waals surface area contributed by atoms with E-state index in [2.05, 4.69) is 5.32 Å². The fraction of sp³-hybridized carbons (Fsp3) is 0.929. The fourth-order valence-electron chi connectivity index (χ4n) is 3.04. The largest absolute Gasteiger partial charge is 0.401 e. The highest BCUT2D eigenvalue weighted by atomic mass is 19.4. The van der Waals surface area contributed by atoms with Crippen molar-refractivity contribution in [1.29, 1.82) is 0 Å². The molecular weight excluding hydrogens is 283 g/mol. The van der Waals surface area contributed by atoms with E-state index >= 15 is 0 Å². The first-order chi connectivity index (χ1) is 9.64. The van der Waals surface area contributed by atoms with Gasteiger partial charge in [-0.2, -0.15) is 13.2 Å².